The lowest BCUT2D eigenvalue weighted by Gasteiger charge is -2.26. The molecule has 1 aromatic rings. The van der Waals surface area contributed by atoms with Crippen molar-refractivity contribution in [3.05, 3.63) is 35.1 Å². The van der Waals surface area contributed by atoms with Gasteiger partial charge in [0.15, 0.2) is 0 Å². The van der Waals surface area contributed by atoms with Crippen LogP contribution >= 0.6 is 0 Å². The summed E-state index contributed by atoms with van der Waals surface area (Å²) in [6, 6.07) is 4.35. The second-order valence-electron chi connectivity index (χ2n) is 4.12. The minimum Gasteiger partial charge on any atom is -0.478 e. The Hall–Kier alpha value is -1.42. The topological polar surface area (TPSA) is 49.3 Å². The van der Waals surface area contributed by atoms with E-state index in [2.05, 4.69) is 5.32 Å². The molecule has 0 atom stereocenters. The van der Waals surface area contributed by atoms with Crippen LogP contribution in [0, 0.1) is 5.82 Å². The summed E-state index contributed by atoms with van der Waals surface area (Å²) in [4.78, 5) is 10.7. The van der Waals surface area contributed by atoms with Gasteiger partial charge >= 0.3 is 5.97 Å². The van der Waals surface area contributed by atoms with Crippen molar-refractivity contribution in [2.75, 3.05) is 0 Å². The van der Waals surface area contributed by atoms with Crippen LogP contribution in [0.4, 0.5) is 4.39 Å². The van der Waals surface area contributed by atoms with E-state index in [1.54, 1.807) is 0 Å². The summed E-state index contributed by atoms with van der Waals surface area (Å²) in [6.45, 7) is 0.400. The number of carboxylic acid groups (broad SMARTS) is 1. The van der Waals surface area contributed by atoms with Crippen LogP contribution in [-0.2, 0) is 6.54 Å². The Labute approximate surface area is 93.3 Å². The van der Waals surface area contributed by atoms with Gasteiger partial charge in [-0.1, -0.05) is 6.42 Å². The van der Waals surface area contributed by atoms with Gasteiger partial charge in [-0.2, -0.15) is 0 Å². The highest BCUT2D eigenvalue weighted by Gasteiger charge is 2.17. The van der Waals surface area contributed by atoms with E-state index < -0.39 is 5.97 Å². The Kier molecular flexibility index (Phi) is 3.19. The van der Waals surface area contributed by atoms with Crippen molar-refractivity contribution in [3.63, 3.8) is 0 Å². The minimum atomic E-state index is -1.02. The molecule has 0 aliphatic heterocycles. The van der Waals surface area contributed by atoms with Crippen LogP contribution in [0.2, 0.25) is 0 Å². The zero-order valence-corrected chi connectivity index (χ0v) is 8.87. The van der Waals surface area contributed by atoms with Gasteiger partial charge in [0, 0.05) is 18.2 Å². The van der Waals surface area contributed by atoms with Crippen LogP contribution < -0.4 is 5.32 Å². The van der Waals surface area contributed by atoms with Gasteiger partial charge in [-0.15, -0.1) is 0 Å². The monoisotopic (exact) mass is 223 g/mol. The summed E-state index contributed by atoms with van der Waals surface area (Å²) < 4.78 is 13.4. The summed E-state index contributed by atoms with van der Waals surface area (Å²) in [7, 11) is 0. The molecule has 3 nitrogen and oxygen atoms in total. The van der Waals surface area contributed by atoms with Gasteiger partial charge in [-0.3, -0.25) is 0 Å². The predicted molar refractivity (Wildman–Crippen MR) is 57.8 cm³/mol. The molecule has 1 fully saturated rings. The van der Waals surface area contributed by atoms with E-state index in [1.165, 1.54) is 24.6 Å². The molecule has 2 rings (SSSR count). The van der Waals surface area contributed by atoms with Crippen molar-refractivity contribution in [2.45, 2.75) is 31.8 Å². The molecular formula is C12H14FNO2. The zero-order chi connectivity index (χ0) is 11.5. The number of hydrogen-bond acceptors (Lipinski definition) is 2. The first kappa shape index (κ1) is 11.1. The van der Waals surface area contributed by atoms with E-state index in [1.807, 2.05) is 0 Å². The fourth-order valence-corrected chi connectivity index (χ4v) is 1.71. The molecule has 1 aliphatic carbocycles. The highest BCUT2D eigenvalue weighted by molar-refractivity contribution is 5.87. The van der Waals surface area contributed by atoms with Crippen molar-refractivity contribution < 1.29 is 14.3 Å². The van der Waals surface area contributed by atoms with Crippen molar-refractivity contribution >= 4 is 5.97 Å². The molecule has 0 saturated heterocycles. The first-order valence-electron chi connectivity index (χ1n) is 5.42. The average Bonchev–Trinajstić information content (AvgIpc) is 2.18. The third-order valence-electron chi connectivity index (χ3n) is 2.98. The Bertz CT molecular complexity index is 402. The van der Waals surface area contributed by atoms with Gasteiger partial charge in [0.1, 0.15) is 5.82 Å². The fourth-order valence-electron chi connectivity index (χ4n) is 1.71. The van der Waals surface area contributed by atoms with Crippen LogP contribution in [0.25, 0.3) is 0 Å². The SMILES string of the molecule is O=C(O)c1ccc(F)c(CNC2CCC2)c1. The summed E-state index contributed by atoms with van der Waals surface area (Å²) >= 11 is 0. The van der Waals surface area contributed by atoms with E-state index in [9.17, 15) is 9.18 Å². The molecule has 1 saturated carbocycles. The molecule has 0 heterocycles. The first-order chi connectivity index (χ1) is 7.66. The number of carboxylic acids is 1. The molecule has 0 amide bonds. The molecule has 1 aliphatic rings. The predicted octanol–water partition coefficient (Wildman–Crippen LogP) is 2.17. The second kappa shape index (κ2) is 4.61. The molecular weight excluding hydrogens is 209 g/mol. The first-order valence-corrected chi connectivity index (χ1v) is 5.42. The van der Waals surface area contributed by atoms with Crippen molar-refractivity contribution in [2.24, 2.45) is 0 Å². The summed E-state index contributed by atoms with van der Waals surface area (Å²) in [5, 5.41) is 12.0. The quantitative estimate of drug-likeness (QED) is 0.822. The van der Waals surface area contributed by atoms with Gasteiger partial charge in [-0.05, 0) is 31.0 Å². The largest absolute Gasteiger partial charge is 0.478 e. The molecule has 0 bridgehead atoms. The van der Waals surface area contributed by atoms with Crippen molar-refractivity contribution in [1.29, 1.82) is 0 Å². The number of halogens is 1. The molecule has 0 radical (unpaired) electrons. The van der Waals surface area contributed by atoms with Crippen LogP contribution in [0.15, 0.2) is 18.2 Å². The standard InChI is InChI=1S/C12H14FNO2/c13-11-5-4-8(12(15)16)6-9(11)7-14-10-2-1-3-10/h4-6,10,14H,1-3,7H2,(H,15,16). The van der Waals surface area contributed by atoms with Gasteiger partial charge in [0.05, 0.1) is 5.56 Å². The molecule has 0 unspecified atom stereocenters. The van der Waals surface area contributed by atoms with Crippen LogP contribution in [0.1, 0.15) is 35.2 Å². The second-order valence-corrected chi connectivity index (χ2v) is 4.12. The summed E-state index contributed by atoms with van der Waals surface area (Å²) in [6.07, 6.45) is 3.47. The number of aromatic carboxylic acids is 1. The van der Waals surface area contributed by atoms with Gasteiger partial charge in [0.2, 0.25) is 0 Å². The van der Waals surface area contributed by atoms with Crippen molar-refractivity contribution in [3.8, 4) is 0 Å². The minimum absolute atomic E-state index is 0.131. The maximum Gasteiger partial charge on any atom is 0.335 e. The van der Waals surface area contributed by atoms with Crippen LogP contribution in [0.3, 0.4) is 0 Å². The number of benzene rings is 1. The Morgan fingerprint density at radius 2 is 2.25 bits per heavy atom. The molecule has 16 heavy (non-hydrogen) atoms. The van der Waals surface area contributed by atoms with Gasteiger partial charge in [-0.25, -0.2) is 9.18 Å². The lowest BCUT2D eigenvalue weighted by molar-refractivity contribution is 0.0696. The number of hydrogen-bond donors (Lipinski definition) is 2. The lowest BCUT2D eigenvalue weighted by atomic mass is 9.93. The number of carbonyl (C=O) groups is 1. The Balaban J connectivity index is 2.05. The number of nitrogens with one attached hydrogen (secondary N) is 1. The molecule has 4 heteroatoms. The van der Waals surface area contributed by atoms with Gasteiger partial charge in [0.25, 0.3) is 0 Å². The van der Waals surface area contributed by atoms with E-state index in [0.29, 0.717) is 18.2 Å². The highest BCUT2D eigenvalue weighted by atomic mass is 19.1. The van der Waals surface area contributed by atoms with E-state index >= 15 is 0 Å². The maximum atomic E-state index is 13.4. The zero-order valence-electron chi connectivity index (χ0n) is 8.87. The maximum absolute atomic E-state index is 13.4. The smallest absolute Gasteiger partial charge is 0.335 e. The Morgan fingerprint density at radius 3 is 2.81 bits per heavy atom. The van der Waals surface area contributed by atoms with E-state index in [-0.39, 0.29) is 11.4 Å². The molecule has 0 spiro atoms. The summed E-state index contributed by atoms with van der Waals surface area (Å²) in [5.41, 5.74) is 0.554. The number of rotatable bonds is 4. The van der Waals surface area contributed by atoms with Gasteiger partial charge < -0.3 is 10.4 Å². The fraction of sp³-hybridized carbons (Fsp3) is 0.417. The van der Waals surface area contributed by atoms with Crippen molar-refractivity contribution in [1.82, 2.24) is 5.32 Å². The third kappa shape index (κ3) is 2.39. The molecule has 86 valence electrons. The third-order valence-corrected chi connectivity index (χ3v) is 2.98. The highest BCUT2D eigenvalue weighted by Crippen LogP contribution is 2.19. The van der Waals surface area contributed by atoms with Crippen LogP contribution in [0.5, 0.6) is 0 Å². The average molecular weight is 223 g/mol. The van der Waals surface area contributed by atoms with E-state index in [4.69, 9.17) is 5.11 Å². The lowest BCUT2D eigenvalue weighted by Crippen LogP contribution is -2.34. The Morgan fingerprint density at radius 1 is 1.50 bits per heavy atom. The molecule has 2 N–H and O–H groups in total. The molecule has 0 aromatic heterocycles. The van der Waals surface area contributed by atoms with E-state index in [0.717, 1.165) is 12.8 Å². The summed E-state index contributed by atoms with van der Waals surface area (Å²) in [5.74, 6) is -1.37. The molecule has 1 aromatic carbocycles. The normalized spacial score (nSPS) is 15.8. The van der Waals surface area contributed by atoms with Crippen LogP contribution in [-0.4, -0.2) is 17.1 Å².